The van der Waals surface area contributed by atoms with Gasteiger partial charge < -0.3 is 0 Å². The van der Waals surface area contributed by atoms with E-state index in [0.29, 0.717) is 0 Å². The van der Waals surface area contributed by atoms with E-state index >= 15 is 0 Å². The lowest BCUT2D eigenvalue weighted by molar-refractivity contribution is 0.0959. The molecule has 1 atom stereocenters. The lowest BCUT2D eigenvalue weighted by Crippen LogP contribution is -2.16. The van der Waals surface area contributed by atoms with Crippen LogP contribution in [0.5, 0.6) is 0 Å². The first kappa shape index (κ1) is 15.4. The maximum atomic E-state index is 12.2. The number of hydrogen-bond donors (Lipinski definition) is 1. The Hall–Kier alpha value is -1.46. The largest absolute Gasteiger partial charge is 0.281 e. The van der Waals surface area contributed by atoms with E-state index in [4.69, 9.17) is 0 Å². The summed E-state index contributed by atoms with van der Waals surface area (Å²) in [7, 11) is 0. The highest BCUT2D eigenvalue weighted by Crippen LogP contribution is 2.33. The predicted molar refractivity (Wildman–Crippen MR) is 94.2 cm³/mol. The highest BCUT2D eigenvalue weighted by Gasteiger charge is 2.21. The van der Waals surface area contributed by atoms with Crippen LogP contribution in [0.25, 0.3) is 0 Å². The van der Waals surface area contributed by atoms with Gasteiger partial charge in [-0.15, -0.1) is 22.7 Å². The molecular formula is C17H20N2OS2. The lowest BCUT2D eigenvalue weighted by Gasteiger charge is -2.19. The van der Waals surface area contributed by atoms with Crippen LogP contribution in [0.3, 0.4) is 0 Å². The van der Waals surface area contributed by atoms with Gasteiger partial charge in [-0.3, -0.25) is 4.79 Å². The van der Waals surface area contributed by atoms with Gasteiger partial charge in [0.2, 0.25) is 0 Å². The van der Waals surface area contributed by atoms with E-state index in [2.05, 4.69) is 23.5 Å². The third kappa shape index (κ3) is 3.31. The molecule has 0 aromatic carbocycles. The SMILES string of the molecule is CC[C@H]1CCc2sc(C(=O)N/N=C\c3sccc3C)cc2C1. The number of rotatable bonds is 4. The molecule has 1 N–H and O–H groups in total. The van der Waals surface area contributed by atoms with Gasteiger partial charge in [0.05, 0.1) is 11.1 Å². The van der Waals surface area contributed by atoms with Gasteiger partial charge in [0.25, 0.3) is 5.91 Å². The molecule has 0 saturated carbocycles. The van der Waals surface area contributed by atoms with Crippen LogP contribution >= 0.6 is 22.7 Å². The van der Waals surface area contributed by atoms with Crippen molar-refractivity contribution in [3.05, 3.63) is 43.3 Å². The van der Waals surface area contributed by atoms with Crippen molar-refractivity contribution in [3.63, 3.8) is 0 Å². The molecule has 3 nitrogen and oxygen atoms in total. The molecule has 3 rings (SSSR count). The van der Waals surface area contributed by atoms with Gasteiger partial charge in [-0.05, 0) is 60.7 Å². The van der Waals surface area contributed by atoms with E-state index in [9.17, 15) is 4.79 Å². The minimum absolute atomic E-state index is 0.0992. The summed E-state index contributed by atoms with van der Waals surface area (Å²) in [5, 5.41) is 6.10. The second-order valence-corrected chi connectivity index (χ2v) is 7.83. The molecular weight excluding hydrogens is 312 g/mol. The Morgan fingerprint density at radius 3 is 3.14 bits per heavy atom. The molecule has 1 amide bonds. The summed E-state index contributed by atoms with van der Waals surface area (Å²) in [6, 6.07) is 4.11. The number of fused-ring (bicyclic) bond motifs is 1. The number of aryl methyl sites for hydroxylation is 2. The zero-order valence-electron chi connectivity index (χ0n) is 12.9. The average Bonchev–Trinajstić information content (AvgIpc) is 3.12. The zero-order valence-corrected chi connectivity index (χ0v) is 14.5. The van der Waals surface area contributed by atoms with E-state index < -0.39 is 0 Å². The van der Waals surface area contributed by atoms with E-state index in [-0.39, 0.29) is 5.91 Å². The molecule has 0 saturated heterocycles. The Bertz CT molecular complexity index is 699. The van der Waals surface area contributed by atoms with E-state index in [1.807, 2.05) is 18.4 Å². The van der Waals surface area contributed by atoms with Crippen molar-refractivity contribution < 1.29 is 4.79 Å². The van der Waals surface area contributed by atoms with Crippen LogP contribution in [0.4, 0.5) is 0 Å². The summed E-state index contributed by atoms with van der Waals surface area (Å²) in [5.41, 5.74) is 5.19. The topological polar surface area (TPSA) is 41.5 Å². The molecule has 0 spiro atoms. The third-order valence-electron chi connectivity index (χ3n) is 4.24. The average molecular weight is 332 g/mol. The molecule has 2 heterocycles. The van der Waals surface area contributed by atoms with Gasteiger partial charge in [0.1, 0.15) is 0 Å². The number of hydrogen-bond acceptors (Lipinski definition) is 4. The first-order chi connectivity index (χ1) is 10.7. The summed E-state index contributed by atoms with van der Waals surface area (Å²) in [6.07, 6.45) is 6.43. The molecule has 0 aliphatic heterocycles. The van der Waals surface area contributed by atoms with Gasteiger partial charge >= 0.3 is 0 Å². The highest BCUT2D eigenvalue weighted by atomic mass is 32.1. The number of amides is 1. The van der Waals surface area contributed by atoms with E-state index in [0.717, 1.165) is 28.5 Å². The van der Waals surface area contributed by atoms with Crippen LogP contribution in [0.15, 0.2) is 22.6 Å². The van der Waals surface area contributed by atoms with Crippen LogP contribution in [-0.4, -0.2) is 12.1 Å². The summed E-state index contributed by atoms with van der Waals surface area (Å²) in [6.45, 7) is 4.29. The quantitative estimate of drug-likeness (QED) is 0.654. The Labute approximate surface area is 139 Å². The minimum atomic E-state index is -0.0992. The predicted octanol–water partition coefficient (Wildman–Crippen LogP) is 4.40. The second kappa shape index (κ2) is 6.75. The van der Waals surface area contributed by atoms with Crippen molar-refractivity contribution in [2.45, 2.75) is 39.5 Å². The number of nitrogens with one attached hydrogen (secondary N) is 1. The maximum Gasteiger partial charge on any atom is 0.281 e. The molecule has 0 fully saturated rings. The minimum Gasteiger partial charge on any atom is -0.266 e. The van der Waals surface area contributed by atoms with Crippen molar-refractivity contribution in [1.82, 2.24) is 5.43 Å². The summed E-state index contributed by atoms with van der Waals surface area (Å²) < 4.78 is 0. The Morgan fingerprint density at radius 1 is 1.55 bits per heavy atom. The molecule has 1 aliphatic carbocycles. The molecule has 5 heteroatoms. The summed E-state index contributed by atoms with van der Waals surface area (Å²) in [4.78, 5) is 15.5. The number of carbonyl (C=O) groups is 1. The fraction of sp³-hybridized carbons (Fsp3) is 0.412. The summed E-state index contributed by atoms with van der Waals surface area (Å²) >= 11 is 3.25. The molecule has 2 aromatic rings. The third-order valence-corrected chi connectivity index (χ3v) is 6.42. The van der Waals surface area contributed by atoms with Crippen molar-refractivity contribution in [2.75, 3.05) is 0 Å². The molecule has 0 radical (unpaired) electrons. The fourth-order valence-corrected chi connectivity index (χ4v) is 4.67. The van der Waals surface area contributed by atoms with Crippen LogP contribution in [0.2, 0.25) is 0 Å². The van der Waals surface area contributed by atoms with Crippen molar-refractivity contribution in [3.8, 4) is 0 Å². The molecule has 1 aliphatic rings. The van der Waals surface area contributed by atoms with Gasteiger partial charge in [0.15, 0.2) is 0 Å². The van der Waals surface area contributed by atoms with E-state index in [1.54, 1.807) is 28.9 Å². The first-order valence-electron chi connectivity index (χ1n) is 7.66. The van der Waals surface area contributed by atoms with Crippen molar-refractivity contribution in [1.29, 1.82) is 0 Å². The number of hydrazone groups is 1. The smallest absolute Gasteiger partial charge is 0.266 e. The maximum absolute atomic E-state index is 12.2. The Kier molecular flexibility index (Phi) is 4.74. The number of thiophene rings is 2. The Balaban J connectivity index is 1.65. The molecule has 116 valence electrons. The number of carbonyl (C=O) groups excluding carboxylic acids is 1. The van der Waals surface area contributed by atoms with E-state index in [1.165, 1.54) is 28.8 Å². The lowest BCUT2D eigenvalue weighted by atomic mass is 9.87. The second-order valence-electron chi connectivity index (χ2n) is 5.74. The van der Waals surface area contributed by atoms with Gasteiger partial charge in [-0.2, -0.15) is 5.10 Å². The summed E-state index contributed by atoms with van der Waals surface area (Å²) in [5.74, 6) is 0.677. The Morgan fingerprint density at radius 2 is 2.41 bits per heavy atom. The van der Waals surface area contributed by atoms with Crippen LogP contribution < -0.4 is 5.43 Å². The van der Waals surface area contributed by atoms with Gasteiger partial charge in [-0.25, -0.2) is 5.43 Å². The number of nitrogens with zero attached hydrogens (tertiary/aromatic N) is 1. The van der Waals surface area contributed by atoms with Crippen molar-refractivity contribution in [2.24, 2.45) is 11.0 Å². The fourth-order valence-electron chi connectivity index (χ4n) is 2.78. The molecule has 0 unspecified atom stereocenters. The molecule has 2 aromatic heterocycles. The molecule has 0 bridgehead atoms. The van der Waals surface area contributed by atoms with Crippen LogP contribution in [0.1, 0.15) is 50.3 Å². The standard InChI is InChI=1S/C17H20N2OS2/c1-3-12-4-5-14-13(8-12)9-15(22-14)17(20)19-18-10-16-11(2)6-7-21-16/h6-7,9-10,12H,3-5,8H2,1-2H3,(H,19,20)/b18-10-/t12-/m0/s1. The van der Waals surface area contributed by atoms with Gasteiger partial charge in [-0.1, -0.05) is 13.3 Å². The zero-order chi connectivity index (χ0) is 15.5. The molecule has 22 heavy (non-hydrogen) atoms. The van der Waals surface area contributed by atoms with Crippen LogP contribution in [-0.2, 0) is 12.8 Å². The first-order valence-corrected chi connectivity index (χ1v) is 9.36. The van der Waals surface area contributed by atoms with Crippen molar-refractivity contribution >= 4 is 34.8 Å². The highest BCUT2D eigenvalue weighted by molar-refractivity contribution is 7.14. The normalized spacial score (nSPS) is 17.6. The monoisotopic (exact) mass is 332 g/mol. The van der Waals surface area contributed by atoms with Crippen LogP contribution in [0, 0.1) is 12.8 Å². The van der Waals surface area contributed by atoms with Gasteiger partial charge in [0, 0.05) is 9.75 Å².